The Labute approximate surface area is 94.2 Å². The van der Waals surface area contributed by atoms with Crippen molar-refractivity contribution in [1.29, 1.82) is 0 Å². The summed E-state index contributed by atoms with van der Waals surface area (Å²) in [7, 11) is 0. The predicted molar refractivity (Wildman–Crippen MR) is 55.3 cm³/mol. The van der Waals surface area contributed by atoms with Crippen LogP contribution in [0.1, 0.15) is 5.56 Å². The minimum absolute atomic E-state index is 0.00423. The predicted octanol–water partition coefficient (Wildman–Crippen LogP) is 3.84. The second kappa shape index (κ2) is 4.99. The van der Waals surface area contributed by atoms with Crippen molar-refractivity contribution in [2.24, 2.45) is 0 Å². The summed E-state index contributed by atoms with van der Waals surface area (Å²) in [4.78, 5) is 0. The summed E-state index contributed by atoms with van der Waals surface area (Å²) in [5, 5.41) is 9.30. The van der Waals surface area contributed by atoms with Crippen LogP contribution in [0.25, 0.3) is 0 Å². The number of benzene rings is 1. The fourth-order valence-electron chi connectivity index (χ4n) is 0.930. The highest BCUT2D eigenvalue weighted by Crippen LogP contribution is 2.28. The smallest absolute Gasteiger partial charge is 0.397 e. The Morgan fingerprint density at radius 3 is 2.53 bits per heavy atom. The molecule has 0 aliphatic heterocycles. The van der Waals surface area contributed by atoms with Crippen LogP contribution in [0.2, 0.25) is 5.02 Å². The molecule has 0 saturated carbocycles. The van der Waals surface area contributed by atoms with E-state index >= 15 is 0 Å². The molecule has 0 spiro atoms. The first-order valence-electron chi connectivity index (χ1n) is 4.00. The van der Waals surface area contributed by atoms with Gasteiger partial charge in [-0.3, -0.25) is 0 Å². The van der Waals surface area contributed by atoms with Gasteiger partial charge in [-0.2, -0.15) is 13.2 Å². The van der Waals surface area contributed by atoms with Crippen LogP contribution in [-0.2, 0) is 5.75 Å². The number of phenolic OH excluding ortho intramolecular Hbond substituents is 1. The summed E-state index contributed by atoms with van der Waals surface area (Å²) in [6.07, 6.45) is -4.16. The third-order valence-electron chi connectivity index (χ3n) is 1.56. The van der Waals surface area contributed by atoms with Crippen molar-refractivity contribution in [3.63, 3.8) is 0 Å². The van der Waals surface area contributed by atoms with E-state index < -0.39 is 11.9 Å². The Balaban J connectivity index is 2.51. The Kier molecular flexibility index (Phi) is 4.16. The average Bonchev–Trinajstić information content (AvgIpc) is 2.07. The summed E-state index contributed by atoms with van der Waals surface area (Å²) in [6, 6.07) is 4.22. The van der Waals surface area contributed by atoms with Gasteiger partial charge in [0.15, 0.2) is 0 Å². The van der Waals surface area contributed by atoms with E-state index in [1.165, 1.54) is 18.2 Å². The molecule has 0 heterocycles. The summed E-state index contributed by atoms with van der Waals surface area (Å²) >= 11 is 6.47. The Morgan fingerprint density at radius 2 is 2.00 bits per heavy atom. The summed E-state index contributed by atoms with van der Waals surface area (Å²) in [5.41, 5.74) is 0.587. The molecule has 0 bridgehead atoms. The maximum atomic E-state index is 11.8. The number of halogens is 4. The SMILES string of the molecule is Oc1ccc(CSCC(F)(F)F)c(Cl)c1. The minimum Gasteiger partial charge on any atom is -0.508 e. The van der Waals surface area contributed by atoms with Gasteiger partial charge in [-0.15, -0.1) is 11.8 Å². The summed E-state index contributed by atoms with van der Waals surface area (Å²) in [6.45, 7) is 0. The lowest BCUT2D eigenvalue weighted by Crippen LogP contribution is -2.10. The lowest BCUT2D eigenvalue weighted by atomic mass is 10.2. The average molecular weight is 257 g/mol. The molecule has 0 aliphatic rings. The molecule has 0 atom stereocenters. The number of hydrogen-bond donors (Lipinski definition) is 1. The van der Waals surface area contributed by atoms with Gasteiger partial charge >= 0.3 is 6.18 Å². The van der Waals surface area contributed by atoms with Crippen molar-refractivity contribution >= 4 is 23.4 Å². The Hall–Kier alpha value is -0.550. The number of aromatic hydroxyl groups is 1. The molecule has 1 aromatic rings. The van der Waals surface area contributed by atoms with E-state index in [0.29, 0.717) is 5.56 Å². The summed E-state index contributed by atoms with van der Waals surface area (Å²) in [5.74, 6) is -0.715. The van der Waals surface area contributed by atoms with Gasteiger partial charge in [0.25, 0.3) is 0 Å². The van der Waals surface area contributed by atoms with Crippen molar-refractivity contribution in [3.8, 4) is 5.75 Å². The maximum Gasteiger partial charge on any atom is 0.397 e. The molecule has 1 aromatic carbocycles. The number of phenols is 1. The molecule has 0 aromatic heterocycles. The van der Waals surface area contributed by atoms with E-state index in [-0.39, 0.29) is 16.5 Å². The zero-order chi connectivity index (χ0) is 11.5. The van der Waals surface area contributed by atoms with Crippen LogP contribution in [0.15, 0.2) is 18.2 Å². The van der Waals surface area contributed by atoms with Crippen LogP contribution in [-0.4, -0.2) is 17.0 Å². The minimum atomic E-state index is -4.16. The number of hydrogen-bond acceptors (Lipinski definition) is 2. The molecule has 6 heteroatoms. The second-order valence-electron chi connectivity index (χ2n) is 2.88. The highest BCUT2D eigenvalue weighted by Gasteiger charge is 2.26. The van der Waals surface area contributed by atoms with Crippen molar-refractivity contribution in [3.05, 3.63) is 28.8 Å². The van der Waals surface area contributed by atoms with Crippen LogP contribution < -0.4 is 0 Å². The number of alkyl halides is 3. The number of thioether (sulfide) groups is 1. The highest BCUT2D eigenvalue weighted by atomic mass is 35.5. The fourth-order valence-corrected chi connectivity index (χ4v) is 2.06. The van der Waals surface area contributed by atoms with E-state index in [0.717, 1.165) is 11.8 Å². The van der Waals surface area contributed by atoms with E-state index in [1.807, 2.05) is 0 Å². The molecule has 0 amide bonds. The van der Waals surface area contributed by atoms with E-state index in [4.69, 9.17) is 16.7 Å². The van der Waals surface area contributed by atoms with Crippen LogP contribution >= 0.6 is 23.4 Å². The van der Waals surface area contributed by atoms with Gasteiger partial charge in [-0.05, 0) is 17.7 Å². The molecule has 1 N–H and O–H groups in total. The monoisotopic (exact) mass is 256 g/mol. The van der Waals surface area contributed by atoms with Crippen LogP contribution in [0, 0.1) is 0 Å². The Morgan fingerprint density at radius 1 is 1.33 bits per heavy atom. The topological polar surface area (TPSA) is 20.2 Å². The molecule has 0 fully saturated rings. The van der Waals surface area contributed by atoms with Gasteiger partial charge in [0.2, 0.25) is 0 Å². The largest absolute Gasteiger partial charge is 0.508 e. The maximum absolute atomic E-state index is 11.8. The summed E-state index contributed by atoms with van der Waals surface area (Å²) < 4.78 is 35.5. The van der Waals surface area contributed by atoms with Gasteiger partial charge in [0, 0.05) is 10.8 Å². The van der Waals surface area contributed by atoms with Gasteiger partial charge in [-0.1, -0.05) is 17.7 Å². The van der Waals surface area contributed by atoms with Crippen LogP contribution in [0.3, 0.4) is 0 Å². The zero-order valence-electron chi connectivity index (χ0n) is 7.51. The molecule has 1 nitrogen and oxygen atoms in total. The van der Waals surface area contributed by atoms with Gasteiger partial charge in [0.1, 0.15) is 5.75 Å². The van der Waals surface area contributed by atoms with Gasteiger partial charge < -0.3 is 5.11 Å². The van der Waals surface area contributed by atoms with Crippen molar-refractivity contribution < 1.29 is 18.3 Å². The molecule has 15 heavy (non-hydrogen) atoms. The standard InChI is InChI=1S/C9H8ClF3OS/c10-8-3-7(14)2-1-6(8)4-15-5-9(11,12)13/h1-3,14H,4-5H2. The molecule has 0 unspecified atom stereocenters. The highest BCUT2D eigenvalue weighted by molar-refractivity contribution is 7.98. The first-order valence-corrected chi connectivity index (χ1v) is 5.53. The molecular formula is C9H8ClF3OS. The lowest BCUT2D eigenvalue weighted by Gasteiger charge is -2.07. The fraction of sp³-hybridized carbons (Fsp3) is 0.333. The van der Waals surface area contributed by atoms with Crippen molar-refractivity contribution in [2.45, 2.75) is 11.9 Å². The Bertz CT molecular complexity index is 341. The molecule has 0 radical (unpaired) electrons. The number of rotatable bonds is 3. The first-order chi connectivity index (χ1) is 6.88. The van der Waals surface area contributed by atoms with Crippen molar-refractivity contribution in [2.75, 3.05) is 5.75 Å². The van der Waals surface area contributed by atoms with Gasteiger partial charge in [0.05, 0.1) is 5.75 Å². The zero-order valence-corrected chi connectivity index (χ0v) is 9.09. The first kappa shape index (κ1) is 12.5. The third kappa shape index (κ3) is 4.66. The quantitative estimate of drug-likeness (QED) is 0.887. The molecule has 84 valence electrons. The molecule has 1 rings (SSSR count). The van der Waals surface area contributed by atoms with E-state index in [2.05, 4.69) is 0 Å². The molecule has 0 aliphatic carbocycles. The third-order valence-corrected chi connectivity index (χ3v) is 2.96. The molecule has 0 saturated heterocycles. The van der Waals surface area contributed by atoms with Crippen LogP contribution in [0.5, 0.6) is 5.75 Å². The second-order valence-corrected chi connectivity index (χ2v) is 4.28. The van der Waals surface area contributed by atoms with E-state index in [9.17, 15) is 13.2 Å². The van der Waals surface area contributed by atoms with Gasteiger partial charge in [-0.25, -0.2) is 0 Å². The molecular weight excluding hydrogens is 249 g/mol. The lowest BCUT2D eigenvalue weighted by molar-refractivity contribution is -0.105. The normalized spacial score (nSPS) is 11.7. The van der Waals surface area contributed by atoms with Crippen molar-refractivity contribution in [1.82, 2.24) is 0 Å². The van der Waals surface area contributed by atoms with Crippen LogP contribution in [0.4, 0.5) is 13.2 Å². The van der Waals surface area contributed by atoms with E-state index in [1.54, 1.807) is 0 Å².